The molecule has 0 aliphatic carbocycles. The van der Waals surface area contributed by atoms with Crippen LogP contribution in [0, 0.1) is 0 Å². The number of carbonyl (C=O) groups is 1. The molecule has 0 aromatic heterocycles. The first kappa shape index (κ1) is 23.4. The predicted molar refractivity (Wildman–Crippen MR) is 102 cm³/mol. The van der Waals surface area contributed by atoms with E-state index in [0.29, 0.717) is 13.0 Å². The van der Waals surface area contributed by atoms with Gasteiger partial charge in [0.25, 0.3) is 0 Å². The number of aliphatic hydroxyl groups is 1. The fourth-order valence-corrected chi connectivity index (χ4v) is 2.95. The van der Waals surface area contributed by atoms with Crippen LogP contribution < -0.4 is 0 Å². The second kappa shape index (κ2) is 18.8. The first-order chi connectivity index (χ1) is 11.7. The molecule has 1 N–H and O–H groups in total. The van der Waals surface area contributed by atoms with Crippen LogP contribution in [-0.2, 0) is 9.53 Å². The molecule has 1 unspecified atom stereocenters. The minimum atomic E-state index is -0.151. The summed E-state index contributed by atoms with van der Waals surface area (Å²) in [5, 5.41) is 9.98. The maximum absolute atomic E-state index is 11.3. The smallest absolute Gasteiger partial charge is 0.305 e. The van der Waals surface area contributed by atoms with E-state index in [1.807, 2.05) is 6.92 Å². The summed E-state index contributed by atoms with van der Waals surface area (Å²) in [6.07, 6.45) is 17.9. The van der Waals surface area contributed by atoms with Crippen LogP contribution >= 0.6 is 0 Å². The van der Waals surface area contributed by atoms with Crippen molar-refractivity contribution >= 4 is 5.97 Å². The monoisotopic (exact) mass is 342 g/mol. The predicted octanol–water partition coefficient (Wildman–Crippen LogP) is 6.17. The molecule has 1 atom stereocenters. The zero-order chi connectivity index (χ0) is 17.9. The Morgan fingerprint density at radius 1 is 0.750 bits per heavy atom. The lowest BCUT2D eigenvalue weighted by Crippen LogP contribution is -2.07. The first-order valence-corrected chi connectivity index (χ1v) is 10.5. The van der Waals surface area contributed by atoms with Gasteiger partial charge in [-0.2, -0.15) is 0 Å². The highest BCUT2D eigenvalue weighted by molar-refractivity contribution is 5.69. The molecule has 0 saturated heterocycles. The Labute approximate surface area is 150 Å². The van der Waals surface area contributed by atoms with Crippen molar-refractivity contribution in [2.75, 3.05) is 6.61 Å². The summed E-state index contributed by atoms with van der Waals surface area (Å²) < 4.78 is 5.04. The molecule has 0 aromatic rings. The summed E-state index contributed by atoms with van der Waals surface area (Å²) in [6, 6.07) is 0. The molecule has 0 saturated carbocycles. The Bertz CT molecular complexity index is 266. The van der Waals surface area contributed by atoms with Crippen molar-refractivity contribution in [3.8, 4) is 0 Å². The molecule has 0 spiro atoms. The minimum Gasteiger partial charge on any atom is -0.466 e. The number of unbranched alkanes of at least 4 members (excludes halogenated alkanes) is 10. The summed E-state index contributed by atoms with van der Waals surface area (Å²) in [6.45, 7) is 4.80. The van der Waals surface area contributed by atoms with Gasteiger partial charge in [-0.25, -0.2) is 0 Å². The summed E-state index contributed by atoms with van der Waals surface area (Å²) >= 11 is 0. The molecule has 0 radical (unpaired) electrons. The largest absolute Gasteiger partial charge is 0.466 e. The maximum atomic E-state index is 11.3. The van der Waals surface area contributed by atoms with Crippen LogP contribution in [0.2, 0.25) is 0 Å². The van der Waals surface area contributed by atoms with Gasteiger partial charge in [0.1, 0.15) is 0 Å². The van der Waals surface area contributed by atoms with Gasteiger partial charge >= 0.3 is 5.97 Å². The molecule has 24 heavy (non-hydrogen) atoms. The van der Waals surface area contributed by atoms with Crippen molar-refractivity contribution in [1.29, 1.82) is 0 Å². The van der Waals surface area contributed by atoms with Gasteiger partial charge in [-0.3, -0.25) is 4.79 Å². The van der Waals surface area contributed by atoms with Gasteiger partial charge in [0.2, 0.25) is 0 Å². The Morgan fingerprint density at radius 3 is 1.79 bits per heavy atom. The van der Waals surface area contributed by atoms with Crippen LogP contribution in [0.5, 0.6) is 0 Å². The molecule has 144 valence electrons. The molecule has 0 aliphatic heterocycles. The average molecular weight is 343 g/mol. The van der Waals surface area contributed by atoms with Gasteiger partial charge < -0.3 is 9.84 Å². The third-order valence-corrected chi connectivity index (χ3v) is 4.53. The Hall–Kier alpha value is -0.570. The van der Waals surface area contributed by atoms with E-state index in [1.54, 1.807) is 0 Å². The number of hydrogen-bond donors (Lipinski definition) is 1. The maximum Gasteiger partial charge on any atom is 0.305 e. The van der Waals surface area contributed by atoms with Crippen LogP contribution in [0.3, 0.4) is 0 Å². The van der Waals surface area contributed by atoms with E-state index in [9.17, 15) is 9.90 Å². The number of carbonyl (C=O) groups excluding carboxylic acids is 1. The quantitative estimate of drug-likeness (QED) is 0.239. The normalized spacial score (nSPS) is 12.3. The number of ether oxygens (including phenoxy) is 1. The zero-order valence-corrected chi connectivity index (χ0v) is 16.4. The van der Waals surface area contributed by atoms with Crippen molar-refractivity contribution in [2.45, 2.75) is 123 Å². The van der Waals surface area contributed by atoms with Gasteiger partial charge in [0, 0.05) is 6.42 Å². The van der Waals surface area contributed by atoms with Crippen LogP contribution in [0.4, 0.5) is 0 Å². The van der Waals surface area contributed by atoms with Gasteiger partial charge in [0.05, 0.1) is 12.7 Å². The first-order valence-electron chi connectivity index (χ1n) is 10.5. The van der Waals surface area contributed by atoms with Crippen molar-refractivity contribution in [3.63, 3.8) is 0 Å². The van der Waals surface area contributed by atoms with E-state index in [4.69, 9.17) is 4.74 Å². The van der Waals surface area contributed by atoms with Gasteiger partial charge in [-0.1, -0.05) is 84.5 Å². The molecular weight excluding hydrogens is 300 g/mol. The van der Waals surface area contributed by atoms with Crippen LogP contribution in [0.15, 0.2) is 0 Å². The second-order valence-electron chi connectivity index (χ2n) is 7.09. The molecule has 0 aromatic carbocycles. The SMILES string of the molecule is CCCCCCCCCCCC(O)CCCCCC(=O)OCCC. The highest BCUT2D eigenvalue weighted by Gasteiger charge is 2.05. The number of esters is 1. The lowest BCUT2D eigenvalue weighted by Gasteiger charge is -2.10. The Morgan fingerprint density at radius 2 is 1.25 bits per heavy atom. The Balaban J connectivity index is 3.24. The molecular formula is C21H42O3. The lowest BCUT2D eigenvalue weighted by atomic mass is 10.0. The number of hydrogen-bond acceptors (Lipinski definition) is 3. The summed E-state index contributed by atoms with van der Waals surface area (Å²) in [5.74, 6) is -0.0768. The van der Waals surface area contributed by atoms with E-state index in [1.165, 1.54) is 51.4 Å². The molecule has 0 bridgehead atoms. The van der Waals surface area contributed by atoms with E-state index in [-0.39, 0.29) is 12.1 Å². The minimum absolute atomic E-state index is 0.0768. The molecule has 0 fully saturated rings. The van der Waals surface area contributed by atoms with Crippen LogP contribution in [0.25, 0.3) is 0 Å². The molecule has 0 amide bonds. The molecule has 0 aliphatic rings. The van der Waals surface area contributed by atoms with E-state index >= 15 is 0 Å². The molecule has 0 rings (SSSR count). The van der Waals surface area contributed by atoms with E-state index in [2.05, 4.69) is 6.92 Å². The fraction of sp³-hybridized carbons (Fsp3) is 0.952. The van der Waals surface area contributed by atoms with Gasteiger partial charge in [0.15, 0.2) is 0 Å². The summed E-state index contributed by atoms with van der Waals surface area (Å²) in [4.78, 5) is 11.3. The average Bonchev–Trinajstić information content (AvgIpc) is 2.58. The number of rotatable bonds is 18. The molecule has 3 nitrogen and oxygen atoms in total. The topological polar surface area (TPSA) is 46.5 Å². The third-order valence-electron chi connectivity index (χ3n) is 4.53. The van der Waals surface area contributed by atoms with Crippen molar-refractivity contribution < 1.29 is 14.6 Å². The van der Waals surface area contributed by atoms with Crippen molar-refractivity contribution in [3.05, 3.63) is 0 Å². The molecule has 0 heterocycles. The van der Waals surface area contributed by atoms with E-state index in [0.717, 1.165) is 44.9 Å². The van der Waals surface area contributed by atoms with E-state index < -0.39 is 0 Å². The second-order valence-corrected chi connectivity index (χ2v) is 7.09. The highest BCUT2D eigenvalue weighted by Crippen LogP contribution is 2.14. The summed E-state index contributed by atoms with van der Waals surface area (Å²) in [7, 11) is 0. The third kappa shape index (κ3) is 17.8. The van der Waals surface area contributed by atoms with Gasteiger partial charge in [-0.15, -0.1) is 0 Å². The van der Waals surface area contributed by atoms with Gasteiger partial charge in [-0.05, 0) is 25.7 Å². The molecule has 3 heteroatoms. The Kier molecular flexibility index (Phi) is 18.3. The van der Waals surface area contributed by atoms with Crippen molar-refractivity contribution in [1.82, 2.24) is 0 Å². The van der Waals surface area contributed by atoms with Crippen molar-refractivity contribution in [2.24, 2.45) is 0 Å². The zero-order valence-electron chi connectivity index (χ0n) is 16.4. The lowest BCUT2D eigenvalue weighted by molar-refractivity contribution is -0.143. The highest BCUT2D eigenvalue weighted by atomic mass is 16.5. The summed E-state index contributed by atoms with van der Waals surface area (Å²) in [5.41, 5.74) is 0. The number of aliphatic hydroxyl groups excluding tert-OH is 1. The fourth-order valence-electron chi connectivity index (χ4n) is 2.95. The standard InChI is InChI=1S/C21H42O3/c1-3-5-6-7-8-9-10-11-13-16-20(22)17-14-12-15-18-21(23)24-19-4-2/h20,22H,3-19H2,1-2H3. The van der Waals surface area contributed by atoms with Crippen LogP contribution in [0.1, 0.15) is 117 Å². The van der Waals surface area contributed by atoms with Crippen LogP contribution in [-0.4, -0.2) is 23.8 Å².